The van der Waals surface area contributed by atoms with Crippen molar-refractivity contribution in [3.8, 4) is 0 Å². The zero-order valence-electron chi connectivity index (χ0n) is 26.4. The molecule has 0 heterocycles. The van der Waals surface area contributed by atoms with Crippen LogP contribution in [0.4, 0.5) is 0 Å². The largest absolute Gasteiger partial charge is 0.357 e. The van der Waals surface area contributed by atoms with Gasteiger partial charge in [-0.25, -0.2) is 0 Å². The van der Waals surface area contributed by atoms with E-state index in [1.807, 2.05) is 0 Å². The third-order valence-electron chi connectivity index (χ3n) is 7.21. The summed E-state index contributed by atoms with van der Waals surface area (Å²) in [6, 6.07) is 10.9. The summed E-state index contributed by atoms with van der Waals surface area (Å²) in [7, 11) is -4.86. The number of benzene rings is 1. The van der Waals surface area contributed by atoms with Crippen LogP contribution in [0.5, 0.6) is 0 Å². The zero-order chi connectivity index (χ0) is 27.7. The van der Waals surface area contributed by atoms with Crippen molar-refractivity contribution in [1.82, 2.24) is 4.65 Å². The predicted octanol–water partition coefficient (Wildman–Crippen LogP) is 10.4. The standard InChI is InChI=1S/C30H60NP2Si2/c1-27(2,3)32(28(4,5)6)24-34(13,14)31-35(15,16)25-33(29(7,8)9,30(10,11)12)23-22-26-20-18-17-19-21-26/h17-23,31H,24-25H2,1-16H3/q+1/b23-22+. The van der Waals surface area contributed by atoms with Gasteiger partial charge in [0.1, 0.15) is 8.24 Å². The van der Waals surface area contributed by atoms with Gasteiger partial charge in [-0.2, -0.15) is 0 Å². The Balaban J connectivity index is 3.42. The van der Waals surface area contributed by atoms with Crippen molar-refractivity contribution >= 4 is 37.7 Å². The predicted molar refractivity (Wildman–Crippen MR) is 176 cm³/mol. The van der Waals surface area contributed by atoms with E-state index in [-0.39, 0.29) is 18.2 Å². The number of hydrogen-bond donors (Lipinski definition) is 1. The molecule has 1 aromatic rings. The molecular formula is C30H60NP2Si2+. The minimum Gasteiger partial charge on any atom is -0.357 e. The lowest BCUT2D eigenvalue weighted by molar-refractivity contribution is 0.695. The van der Waals surface area contributed by atoms with Gasteiger partial charge in [0.05, 0.1) is 21.9 Å². The average Bonchev–Trinajstić information content (AvgIpc) is 2.59. The lowest BCUT2D eigenvalue weighted by Crippen LogP contribution is -2.64. The molecule has 0 saturated carbocycles. The van der Waals surface area contributed by atoms with Crippen LogP contribution in [-0.2, 0) is 0 Å². The van der Waals surface area contributed by atoms with E-state index >= 15 is 0 Å². The fourth-order valence-electron chi connectivity index (χ4n) is 6.25. The summed E-state index contributed by atoms with van der Waals surface area (Å²) in [5.74, 6) is 5.46. The van der Waals surface area contributed by atoms with Gasteiger partial charge in [0.25, 0.3) is 0 Å². The van der Waals surface area contributed by atoms with Crippen molar-refractivity contribution in [1.29, 1.82) is 0 Å². The molecule has 0 fully saturated rings. The average molecular weight is 553 g/mol. The maximum atomic E-state index is 4.49. The zero-order valence-corrected chi connectivity index (χ0v) is 30.1. The molecule has 1 rings (SSSR count). The van der Waals surface area contributed by atoms with Gasteiger partial charge in [-0.1, -0.05) is 106 Å². The third kappa shape index (κ3) is 9.48. The molecule has 1 nitrogen and oxygen atoms in total. The molecular weight excluding hydrogens is 492 g/mol. The first-order valence-electron chi connectivity index (χ1n) is 13.5. The summed E-state index contributed by atoms with van der Waals surface area (Å²) in [6.07, 6.45) is 2.44. The van der Waals surface area contributed by atoms with Crippen molar-refractivity contribution in [3.05, 3.63) is 41.7 Å². The van der Waals surface area contributed by atoms with Gasteiger partial charge in [0.15, 0.2) is 8.24 Å². The van der Waals surface area contributed by atoms with Crippen molar-refractivity contribution in [2.24, 2.45) is 0 Å². The van der Waals surface area contributed by atoms with E-state index in [2.05, 4.69) is 156 Å². The van der Waals surface area contributed by atoms with Crippen molar-refractivity contribution in [2.75, 3.05) is 11.6 Å². The van der Waals surface area contributed by atoms with Gasteiger partial charge in [-0.05, 0) is 69.3 Å². The Kier molecular flexibility index (Phi) is 10.6. The second-order valence-electron chi connectivity index (χ2n) is 15.9. The molecule has 0 saturated heterocycles. The quantitative estimate of drug-likeness (QED) is 0.250. The van der Waals surface area contributed by atoms with E-state index < -0.39 is 23.7 Å². The van der Waals surface area contributed by atoms with Crippen LogP contribution in [0.3, 0.4) is 0 Å². The topological polar surface area (TPSA) is 12.0 Å². The molecule has 0 bridgehead atoms. The second kappa shape index (κ2) is 11.1. The Bertz CT molecular complexity index is 804. The highest BCUT2D eigenvalue weighted by atomic mass is 31.2. The Morgan fingerprint density at radius 2 is 1.14 bits per heavy atom. The maximum absolute atomic E-state index is 4.49. The van der Waals surface area contributed by atoms with E-state index in [0.29, 0.717) is 10.3 Å². The normalized spacial score (nSPS) is 15.3. The lowest BCUT2D eigenvalue weighted by Gasteiger charge is -2.50. The van der Waals surface area contributed by atoms with Crippen LogP contribution >= 0.6 is 15.2 Å². The smallest absolute Gasteiger partial charge is 0.155 e. The molecule has 0 aliphatic rings. The molecule has 0 aromatic heterocycles. The molecule has 202 valence electrons. The van der Waals surface area contributed by atoms with Crippen LogP contribution in [0, 0.1) is 0 Å². The van der Waals surface area contributed by atoms with Gasteiger partial charge >= 0.3 is 0 Å². The molecule has 1 N–H and O–H groups in total. The van der Waals surface area contributed by atoms with Crippen molar-refractivity contribution in [3.63, 3.8) is 0 Å². The van der Waals surface area contributed by atoms with Gasteiger partial charge < -0.3 is 4.65 Å². The molecule has 0 amide bonds. The van der Waals surface area contributed by atoms with Crippen LogP contribution in [0.25, 0.3) is 6.08 Å². The van der Waals surface area contributed by atoms with Gasteiger partial charge in [-0.15, -0.1) is 0 Å². The Labute approximate surface area is 225 Å². The summed E-state index contributed by atoms with van der Waals surface area (Å²) >= 11 is 0. The minimum atomic E-state index is -1.70. The van der Waals surface area contributed by atoms with Crippen LogP contribution in [-0.4, -0.2) is 48.7 Å². The molecule has 5 heteroatoms. The van der Waals surface area contributed by atoms with Gasteiger partial charge in [0.2, 0.25) is 0 Å². The first-order chi connectivity index (χ1) is 15.3. The van der Waals surface area contributed by atoms with Crippen LogP contribution in [0.15, 0.2) is 36.1 Å². The summed E-state index contributed by atoms with van der Waals surface area (Å²) in [4.78, 5) is 0. The SMILES string of the molecule is CC(C)(C)P(C[Si](C)(C)N[Si](C)(C)C[P+](/C=C/c1ccccc1)(C(C)(C)C)C(C)(C)C)C(C)(C)C. The molecule has 0 unspecified atom stereocenters. The van der Waals surface area contributed by atoms with Crippen LogP contribution in [0.1, 0.15) is 88.6 Å². The van der Waals surface area contributed by atoms with Crippen molar-refractivity contribution in [2.45, 2.75) is 130 Å². The van der Waals surface area contributed by atoms with E-state index in [0.717, 1.165) is 0 Å². The van der Waals surface area contributed by atoms with E-state index in [9.17, 15) is 0 Å². The Hall–Kier alpha value is 0.214. The highest BCUT2D eigenvalue weighted by Gasteiger charge is 2.59. The number of nitrogens with one attached hydrogen (secondary N) is 1. The summed E-state index contributed by atoms with van der Waals surface area (Å²) in [5, 5.41) is 1.30. The Morgan fingerprint density at radius 3 is 1.51 bits per heavy atom. The fourth-order valence-corrected chi connectivity index (χ4v) is 37.1. The molecule has 0 aliphatic carbocycles. The second-order valence-corrected chi connectivity index (χ2v) is 35.2. The summed E-state index contributed by atoms with van der Waals surface area (Å²) in [5.41, 5.74) is 1.33. The van der Waals surface area contributed by atoms with Crippen molar-refractivity contribution < 1.29 is 0 Å². The van der Waals surface area contributed by atoms with E-state index in [4.69, 9.17) is 0 Å². The highest BCUT2D eigenvalue weighted by Crippen LogP contribution is 2.78. The van der Waals surface area contributed by atoms with Crippen LogP contribution in [0.2, 0.25) is 26.2 Å². The van der Waals surface area contributed by atoms with Crippen LogP contribution < -0.4 is 4.65 Å². The maximum Gasteiger partial charge on any atom is 0.155 e. The monoisotopic (exact) mass is 552 g/mol. The highest BCUT2D eigenvalue weighted by molar-refractivity contribution is 7.83. The van der Waals surface area contributed by atoms with E-state index in [1.54, 1.807) is 0 Å². The first kappa shape index (κ1) is 33.2. The Morgan fingerprint density at radius 1 is 0.714 bits per heavy atom. The molecule has 0 radical (unpaired) electrons. The molecule has 1 aromatic carbocycles. The number of rotatable bonds is 8. The summed E-state index contributed by atoms with van der Waals surface area (Å²) < 4.78 is 4.49. The first-order valence-corrected chi connectivity index (χ1v) is 23.5. The molecule has 0 aliphatic heterocycles. The summed E-state index contributed by atoms with van der Waals surface area (Å²) in [6.45, 7) is 40.4. The van der Waals surface area contributed by atoms with E-state index in [1.165, 1.54) is 17.1 Å². The minimum absolute atomic E-state index is 0.0825. The molecule has 35 heavy (non-hydrogen) atoms. The van der Waals surface area contributed by atoms with Gasteiger partial charge in [-0.3, -0.25) is 0 Å². The lowest BCUT2D eigenvalue weighted by atomic mass is 10.2. The molecule has 0 spiro atoms. The third-order valence-corrected chi connectivity index (χ3v) is 30.9. The van der Waals surface area contributed by atoms with Gasteiger partial charge in [0, 0.05) is 7.26 Å². The fraction of sp³-hybridized carbons (Fsp3) is 0.733. The molecule has 0 atom stereocenters. The number of hydrogen-bond acceptors (Lipinski definition) is 1.